The van der Waals surface area contributed by atoms with E-state index in [9.17, 15) is 14.0 Å². The highest BCUT2D eigenvalue weighted by Gasteiger charge is 2.19. The van der Waals surface area contributed by atoms with Crippen LogP contribution in [0, 0.1) is 5.82 Å². The Kier molecular flexibility index (Phi) is 5.22. The zero-order chi connectivity index (χ0) is 18.5. The molecule has 26 heavy (non-hydrogen) atoms. The fourth-order valence-corrected chi connectivity index (χ4v) is 2.69. The highest BCUT2D eigenvalue weighted by atomic mass is 19.1. The molecule has 0 saturated carbocycles. The van der Waals surface area contributed by atoms with E-state index in [1.54, 1.807) is 0 Å². The van der Waals surface area contributed by atoms with Crippen LogP contribution in [-0.2, 0) is 22.4 Å². The van der Waals surface area contributed by atoms with Gasteiger partial charge in [0.1, 0.15) is 11.9 Å². The molecule has 3 aromatic rings. The standard InChI is InChI=1S/C20H18FN3O2/c21-15-8-5-13(6-9-15)11-19(25)24-18(20(22)26)12-16-10-7-14-3-1-2-4-17(14)23-16/h1-10,18H,11-12H2,(H2,22,26)(H,24,25)/t18-/m1/s1. The predicted octanol–water partition coefficient (Wildman–Crippen LogP) is 2.13. The third kappa shape index (κ3) is 4.42. The summed E-state index contributed by atoms with van der Waals surface area (Å²) in [4.78, 5) is 28.4. The van der Waals surface area contributed by atoms with Crippen LogP contribution in [0.4, 0.5) is 4.39 Å². The van der Waals surface area contributed by atoms with Crippen LogP contribution in [0.1, 0.15) is 11.3 Å². The van der Waals surface area contributed by atoms with Crippen LogP contribution in [0.3, 0.4) is 0 Å². The molecule has 0 aliphatic rings. The molecule has 2 aromatic carbocycles. The minimum atomic E-state index is -0.864. The van der Waals surface area contributed by atoms with Crippen LogP contribution in [0.2, 0.25) is 0 Å². The Morgan fingerprint density at radius 2 is 1.77 bits per heavy atom. The number of fused-ring (bicyclic) bond motifs is 1. The number of hydrogen-bond donors (Lipinski definition) is 2. The molecule has 0 aliphatic heterocycles. The Bertz CT molecular complexity index is 941. The van der Waals surface area contributed by atoms with Crippen molar-refractivity contribution in [2.75, 3.05) is 0 Å². The summed E-state index contributed by atoms with van der Waals surface area (Å²) in [6.07, 6.45) is 0.241. The molecule has 3 N–H and O–H groups in total. The summed E-state index contributed by atoms with van der Waals surface area (Å²) in [5.74, 6) is -1.36. The summed E-state index contributed by atoms with van der Waals surface area (Å²) in [6.45, 7) is 0. The molecule has 0 radical (unpaired) electrons. The van der Waals surface area contributed by atoms with E-state index in [2.05, 4.69) is 10.3 Å². The lowest BCUT2D eigenvalue weighted by atomic mass is 10.1. The minimum absolute atomic E-state index is 0.0369. The molecule has 6 heteroatoms. The van der Waals surface area contributed by atoms with Crippen LogP contribution in [-0.4, -0.2) is 22.8 Å². The molecule has 132 valence electrons. The minimum Gasteiger partial charge on any atom is -0.368 e. The van der Waals surface area contributed by atoms with E-state index in [-0.39, 0.29) is 24.6 Å². The SMILES string of the molecule is NC(=O)[C@@H](Cc1ccc2ccccc2n1)NC(=O)Cc1ccc(F)cc1. The number of pyridine rings is 1. The van der Waals surface area contributed by atoms with Crippen LogP contribution in [0.25, 0.3) is 10.9 Å². The monoisotopic (exact) mass is 351 g/mol. The van der Waals surface area contributed by atoms with Gasteiger partial charge in [-0.15, -0.1) is 0 Å². The quantitative estimate of drug-likeness (QED) is 0.713. The normalized spacial score (nSPS) is 11.9. The second kappa shape index (κ2) is 7.74. The maximum atomic E-state index is 12.9. The van der Waals surface area contributed by atoms with Gasteiger partial charge in [0.15, 0.2) is 0 Å². The number of aromatic nitrogens is 1. The van der Waals surface area contributed by atoms with E-state index >= 15 is 0 Å². The largest absolute Gasteiger partial charge is 0.368 e. The summed E-state index contributed by atoms with van der Waals surface area (Å²) in [6, 6.07) is 16.1. The summed E-state index contributed by atoms with van der Waals surface area (Å²) in [7, 11) is 0. The Morgan fingerprint density at radius 3 is 2.50 bits per heavy atom. The lowest BCUT2D eigenvalue weighted by Crippen LogP contribution is -2.46. The maximum absolute atomic E-state index is 12.9. The first kappa shape index (κ1) is 17.5. The molecule has 0 fully saturated rings. The third-order valence-corrected chi connectivity index (χ3v) is 4.03. The lowest BCUT2D eigenvalue weighted by Gasteiger charge is -2.15. The van der Waals surface area contributed by atoms with Crippen molar-refractivity contribution in [1.29, 1.82) is 0 Å². The Balaban J connectivity index is 1.68. The Labute approximate surface area is 150 Å². The van der Waals surface area contributed by atoms with E-state index in [1.165, 1.54) is 24.3 Å². The smallest absolute Gasteiger partial charge is 0.240 e. The summed E-state index contributed by atoms with van der Waals surface area (Å²) < 4.78 is 12.9. The first-order chi connectivity index (χ1) is 12.5. The molecule has 0 spiro atoms. The maximum Gasteiger partial charge on any atom is 0.240 e. The van der Waals surface area contributed by atoms with Gasteiger partial charge < -0.3 is 11.1 Å². The number of halogens is 1. The Morgan fingerprint density at radius 1 is 1.04 bits per heavy atom. The van der Waals surface area contributed by atoms with Gasteiger partial charge in [-0.2, -0.15) is 0 Å². The van der Waals surface area contributed by atoms with Gasteiger partial charge in [-0.3, -0.25) is 14.6 Å². The molecule has 0 aliphatic carbocycles. The lowest BCUT2D eigenvalue weighted by molar-refractivity contribution is -0.127. The van der Waals surface area contributed by atoms with E-state index in [4.69, 9.17) is 5.73 Å². The molecule has 5 nitrogen and oxygen atoms in total. The first-order valence-corrected chi connectivity index (χ1v) is 8.19. The zero-order valence-corrected chi connectivity index (χ0v) is 14.0. The number of nitrogens with zero attached hydrogens (tertiary/aromatic N) is 1. The molecular weight excluding hydrogens is 333 g/mol. The van der Waals surface area contributed by atoms with Crippen molar-refractivity contribution in [3.8, 4) is 0 Å². The van der Waals surface area contributed by atoms with Crippen molar-refractivity contribution >= 4 is 22.7 Å². The van der Waals surface area contributed by atoms with Crippen molar-refractivity contribution in [2.45, 2.75) is 18.9 Å². The highest BCUT2D eigenvalue weighted by molar-refractivity contribution is 5.87. The molecule has 1 aromatic heterocycles. The first-order valence-electron chi connectivity index (χ1n) is 8.19. The van der Waals surface area contributed by atoms with Crippen LogP contribution >= 0.6 is 0 Å². The van der Waals surface area contributed by atoms with Crippen molar-refractivity contribution in [3.05, 3.63) is 77.7 Å². The van der Waals surface area contributed by atoms with E-state index in [0.717, 1.165) is 10.9 Å². The number of amides is 2. The Hall–Kier alpha value is -3.28. The second-order valence-corrected chi connectivity index (χ2v) is 6.03. The number of para-hydroxylation sites is 1. The second-order valence-electron chi connectivity index (χ2n) is 6.03. The molecule has 0 saturated heterocycles. The van der Waals surface area contributed by atoms with E-state index < -0.39 is 11.9 Å². The van der Waals surface area contributed by atoms with Crippen LogP contribution < -0.4 is 11.1 Å². The number of carbonyl (C=O) groups excluding carboxylic acids is 2. The number of benzene rings is 2. The molecule has 0 unspecified atom stereocenters. The van der Waals surface area contributed by atoms with E-state index in [1.807, 2.05) is 36.4 Å². The fraction of sp³-hybridized carbons (Fsp3) is 0.150. The molecule has 1 atom stereocenters. The average Bonchev–Trinajstić information content (AvgIpc) is 2.63. The average molecular weight is 351 g/mol. The number of rotatable bonds is 6. The van der Waals surface area contributed by atoms with E-state index in [0.29, 0.717) is 11.3 Å². The molecule has 2 amide bonds. The summed E-state index contributed by atoms with van der Waals surface area (Å²) in [5, 5.41) is 3.62. The highest BCUT2D eigenvalue weighted by Crippen LogP contribution is 2.13. The van der Waals surface area contributed by atoms with Crippen molar-refractivity contribution in [3.63, 3.8) is 0 Å². The van der Waals surface area contributed by atoms with Gasteiger partial charge in [0, 0.05) is 17.5 Å². The summed E-state index contributed by atoms with van der Waals surface area (Å²) >= 11 is 0. The zero-order valence-electron chi connectivity index (χ0n) is 14.0. The van der Waals surface area contributed by atoms with Crippen molar-refractivity contribution in [1.82, 2.24) is 10.3 Å². The van der Waals surface area contributed by atoms with Crippen molar-refractivity contribution in [2.24, 2.45) is 5.73 Å². The third-order valence-electron chi connectivity index (χ3n) is 4.03. The molecule has 3 rings (SSSR count). The number of nitrogens with one attached hydrogen (secondary N) is 1. The topological polar surface area (TPSA) is 85.1 Å². The van der Waals surface area contributed by atoms with Gasteiger partial charge in [-0.05, 0) is 29.8 Å². The number of carbonyl (C=O) groups is 2. The van der Waals surface area contributed by atoms with Gasteiger partial charge in [-0.1, -0.05) is 36.4 Å². The van der Waals surface area contributed by atoms with Gasteiger partial charge in [-0.25, -0.2) is 4.39 Å². The number of hydrogen-bond acceptors (Lipinski definition) is 3. The van der Waals surface area contributed by atoms with Crippen molar-refractivity contribution < 1.29 is 14.0 Å². The molecule has 0 bridgehead atoms. The van der Waals surface area contributed by atoms with Gasteiger partial charge in [0.05, 0.1) is 11.9 Å². The number of primary amides is 1. The number of nitrogens with two attached hydrogens (primary N) is 1. The van der Waals surface area contributed by atoms with Crippen LogP contribution in [0.15, 0.2) is 60.7 Å². The van der Waals surface area contributed by atoms with Gasteiger partial charge in [0.2, 0.25) is 11.8 Å². The molecular formula is C20H18FN3O2. The van der Waals surface area contributed by atoms with Gasteiger partial charge >= 0.3 is 0 Å². The van der Waals surface area contributed by atoms with Crippen LogP contribution in [0.5, 0.6) is 0 Å². The van der Waals surface area contributed by atoms with Gasteiger partial charge in [0.25, 0.3) is 0 Å². The molecule has 1 heterocycles. The summed E-state index contributed by atoms with van der Waals surface area (Å²) in [5.41, 5.74) is 7.55. The fourth-order valence-electron chi connectivity index (χ4n) is 2.69. The predicted molar refractivity (Wildman–Crippen MR) is 96.7 cm³/mol.